The van der Waals surface area contributed by atoms with E-state index in [1.165, 1.54) is 12.1 Å². The second-order valence-electron chi connectivity index (χ2n) is 5.39. The van der Waals surface area contributed by atoms with Gasteiger partial charge < -0.3 is 10.3 Å². The molecule has 2 N–H and O–H groups in total. The zero-order chi connectivity index (χ0) is 13.9. The van der Waals surface area contributed by atoms with Gasteiger partial charge in [-0.2, -0.15) is 4.98 Å². The number of aromatic nitrogens is 2. The van der Waals surface area contributed by atoms with Crippen molar-refractivity contribution in [1.29, 1.82) is 0 Å². The predicted molar refractivity (Wildman–Crippen MR) is 72.6 cm³/mol. The maximum absolute atomic E-state index is 13.1. The summed E-state index contributed by atoms with van der Waals surface area (Å²) >= 11 is 0. The van der Waals surface area contributed by atoms with Gasteiger partial charge in [-0.15, -0.1) is 0 Å². The van der Waals surface area contributed by atoms with E-state index >= 15 is 0 Å². The molecule has 3 rings (SSSR count). The molecule has 2 unspecified atom stereocenters. The molecule has 0 bridgehead atoms. The van der Waals surface area contributed by atoms with Gasteiger partial charge in [0.25, 0.3) is 0 Å². The largest absolute Gasteiger partial charge is 0.339 e. The van der Waals surface area contributed by atoms with Gasteiger partial charge in [0.2, 0.25) is 5.89 Å². The molecule has 0 saturated heterocycles. The summed E-state index contributed by atoms with van der Waals surface area (Å²) in [5.41, 5.74) is 6.62. The standard InChI is InChI=1S/C15H18FN3O/c16-12-5-1-3-10(7-12)8-14-18-15(20-19-14)13-6-2-4-11(13)9-17/h1,3,5,7,11,13H,2,4,6,8-9,17H2. The molecule has 0 aliphatic heterocycles. The Bertz CT molecular complexity index is 584. The minimum atomic E-state index is -0.245. The molecule has 106 valence electrons. The number of hydrogen-bond donors (Lipinski definition) is 1. The van der Waals surface area contributed by atoms with Crippen LogP contribution < -0.4 is 5.73 Å². The number of rotatable bonds is 4. The van der Waals surface area contributed by atoms with E-state index in [0.29, 0.717) is 30.6 Å². The van der Waals surface area contributed by atoms with Gasteiger partial charge in [-0.1, -0.05) is 23.7 Å². The van der Waals surface area contributed by atoms with Crippen LogP contribution in [0.5, 0.6) is 0 Å². The van der Waals surface area contributed by atoms with Crippen molar-refractivity contribution in [2.75, 3.05) is 6.54 Å². The summed E-state index contributed by atoms with van der Waals surface area (Å²) in [6.45, 7) is 0.659. The summed E-state index contributed by atoms with van der Waals surface area (Å²) in [6, 6.07) is 6.47. The molecule has 4 nitrogen and oxygen atoms in total. The molecule has 2 aromatic rings. The topological polar surface area (TPSA) is 64.9 Å². The predicted octanol–water partition coefficient (Wildman–Crippen LogP) is 2.64. The Morgan fingerprint density at radius 2 is 2.25 bits per heavy atom. The molecule has 1 heterocycles. The molecule has 0 amide bonds. The maximum Gasteiger partial charge on any atom is 0.230 e. The molecule has 2 atom stereocenters. The fourth-order valence-electron chi connectivity index (χ4n) is 2.96. The SMILES string of the molecule is NCC1CCCC1c1nc(Cc2cccc(F)c2)no1. The molecule has 1 aromatic carbocycles. The highest BCUT2D eigenvalue weighted by atomic mass is 19.1. The summed E-state index contributed by atoms with van der Waals surface area (Å²) in [4.78, 5) is 4.46. The third kappa shape index (κ3) is 2.72. The Morgan fingerprint density at radius 1 is 1.35 bits per heavy atom. The van der Waals surface area contributed by atoms with E-state index in [2.05, 4.69) is 10.1 Å². The van der Waals surface area contributed by atoms with Crippen molar-refractivity contribution >= 4 is 0 Å². The first kappa shape index (κ1) is 13.2. The van der Waals surface area contributed by atoms with Crippen LogP contribution in [0.25, 0.3) is 0 Å². The van der Waals surface area contributed by atoms with E-state index in [1.54, 1.807) is 6.07 Å². The smallest absolute Gasteiger partial charge is 0.230 e. The Labute approximate surface area is 117 Å². The third-order valence-corrected chi connectivity index (χ3v) is 4.01. The van der Waals surface area contributed by atoms with Crippen LogP contribution >= 0.6 is 0 Å². The molecular formula is C15H18FN3O. The van der Waals surface area contributed by atoms with Crippen LogP contribution in [-0.4, -0.2) is 16.7 Å². The Balaban J connectivity index is 1.73. The van der Waals surface area contributed by atoms with E-state index < -0.39 is 0 Å². The van der Waals surface area contributed by atoms with Gasteiger partial charge in [0, 0.05) is 12.3 Å². The maximum atomic E-state index is 13.1. The summed E-state index contributed by atoms with van der Waals surface area (Å²) in [5, 5.41) is 4.01. The minimum Gasteiger partial charge on any atom is -0.339 e. The number of nitrogens with zero attached hydrogens (tertiary/aromatic N) is 2. The molecule has 5 heteroatoms. The number of benzene rings is 1. The minimum absolute atomic E-state index is 0.245. The molecule has 20 heavy (non-hydrogen) atoms. The molecule has 1 aromatic heterocycles. The van der Waals surface area contributed by atoms with Crippen LogP contribution in [-0.2, 0) is 6.42 Å². The van der Waals surface area contributed by atoms with Crippen molar-refractivity contribution < 1.29 is 8.91 Å². The summed E-state index contributed by atoms with van der Waals surface area (Å²) in [6.07, 6.45) is 3.83. The second kappa shape index (κ2) is 5.71. The zero-order valence-electron chi connectivity index (χ0n) is 11.3. The van der Waals surface area contributed by atoms with Crippen LogP contribution in [0.1, 0.15) is 42.5 Å². The quantitative estimate of drug-likeness (QED) is 0.931. The lowest BCUT2D eigenvalue weighted by atomic mass is 9.96. The normalized spacial score (nSPS) is 22.3. The summed E-state index contributed by atoms with van der Waals surface area (Å²) in [7, 11) is 0. The summed E-state index contributed by atoms with van der Waals surface area (Å²) in [5.74, 6) is 1.77. The fourth-order valence-corrected chi connectivity index (χ4v) is 2.96. The Morgan fingerprint density at radius 3 is 3.05 bits per heavy atom. The van der Waals surface area contributed by atoms with E-state index in [1.807, 2.05) is 6.07 Å². The monoisotopic (exact) mass is 275 g/mol. The Kier molecular flexibility index (Phi) is 3.78. The average molecular weight is 275 g/mol. The lowest BCUT2D eigenvalue weighted by molar-refractivity contribution is 0.323. The molecule has 0 spiro atoms. The van der Waals surface area contributed by atoms with Gasteiger partial charge in [0.15, 0.2) is 5.82 Å². The first-order valence-corrected chi connectivity index (χ1v) is 7.03. The van der Waals surface area contributed by atoms with Crippen molar-refractivity contribution in [2.45, 2.75) is 31.6 Å². The lowest BCUT2D eigenvalue weighted by Crippen LogP contribution is -2.17. The van der Waals surface area contributed by atoms with Crippen LogP contribution in [0.4, 0.5) is 4.39 Å². The van der Waals surface area contributed by atoms with Crippen molar-refractivity contribution in [3.05, 3.63) is 47.4 Å². The first-order chi connectivity index (χ1) is 9.76. The highest BCUT2D eigenvalue weighted by molar-refractivity contribution is 5.20. The van der Waals surface area contributed by atoms with Gasteiger partial charge in [0.1, 0.15) is 5.82 Å². The van der Waals surface area contributed by atoms with Crippen LogP contribution in [0.3, 0.4) is 0 Å². The van der Waals surface area contributed by atoms with Gasteiger partial charge in [0.05, 0.1) is 0 Å². The van der Waals surface area contributed by atoms with Gasteiger partial charge in [-0.3, -0.25) is 0 Å². The van der Waals surface area contributed by atoms with Crippen molar-refractivity contribution in [2.24, 2.45) is 11.7 Å². The van der Waals surface area contributed by atoms with E-state index in [-0.39, 0.29) is 11.7 Å². The molecule has 1 saturated carbocycles. The van der Waals surface area contributed by atoms with E-state index in [9.17, 15) is 4.39 Å². The number of nitrogens with two attached hydrogens (primary N) is 1. The number of halogens is 1. The van der Waals surface area contributed by atoms with Crippen molar-refractivity contribution in [3.63, 3.8) is 0 Å². The van der Waals surface area contributed by atoms with Crippen molar-refractivity contribution in [3.8, 4) is 0 Å². The van der Waals surface area contributed by atoms with Gasteiger partial charge in [-0.25, -0.2) is 4.39 Å². The lowest BCUT2D eigenvalue weighted by Gasteiger charge is -2.12. The molecule has 1 aliphatic rings. The molecule has 1 aliphatic carbocycles. The second-order valence-corrected chi connectivity index (χ2v) is 5.39. The molecular weight excluding hydrogens is 257 g/mol. The zero-order valence-corrected chi connectivity index (χ0v) is 11.3. The highest BCUT2D eigenvalue weighted by Crippen LogP contribution is 2.38. The first-order valence-electron chi connectivity index (χ1n) is 7.03. The van der Waals surface area contributed by atoms with E-state index in [0.717, 1.165) is 24.8 Å². The van der Waals surface area contributed by atoms with Crippen LogP contribution in [0, 0.1) is 11.7 Å². The third-order valence-electron chi connectivity index (χ3n) is 4.01. The van der Waals surface area contributed by atoms with Crippen LogP contribution in [0.2, 0.25) is 0 Å². The average Bonchev–Trinajstić information content (AvgIpc) is 3.06. The summed E-state index contributed by atoms with van der Waals surface area (Å²) < 4.78 is 18.5. The van der Waals surface area contributed by atoms with Gasteiger partial charge >= 0.3 is 0 Å². The molecule has 0 radical (unpaired) electrons. The van der Waals surface area contributed by atoms with E-state index in [4.69, 9.17) is 10.3 Å². The Hall–Kier alpha value is -1.75. The van der Waals surface area contributed by atoms with Crippen molar-refractivity contribution in [1.82, 2.24) is 10.1 Å². The number of hydrogen-bond acceptors (Lipinski definition) is 4. The van der Waals surface area contributed by atoms with Gasteiger partial charge in [-0.05, 0) is 43.0 Å². The molecule has 1 fully saturated rings. The fraction of sp³-hybridized carbons (Fsp3) is 0.467. The van der Waals surface area contributed by atoms with Crippen LogP contribution in [0.15, 0.2) is 28.8 Å². The highest BCUT2D eigenvalue weighted by Gasteiger charge is 2.31.